The third kappa shape index (κ3) is 3.27. The van der Waals surface area contributed by atoms with E-state index >= 15 is 0 Å². The number of aliphatic hydroxyl groups is 1. The molecule has 1 fully saturated rings. The quantitative estimate of drug-likeness (QED) is 0.909. The van der Waals surface area contributed by atoms with Crippen LogP contribution in [0.4, 0.5) is 0 Å². The van der Waals surface area contributed by atoms with Crippen LogP contribution in [0.1, 0.15) is 17.0 Å². The molecule has 3 nitrogen and oxygen atoms in total. The molecule has 2 unspecified atom stereocenters. The lowest BCUT2D eigenvalue weighted by Crippen LogP contribution is -2.20. The molecule has 1 saturated heterocycles. The topological polar surface area (TPSA) is 43.7 Å². The smallest absolute Gasteiger partial charge is 0.119 e. The van der Waals surface area contributed by atoms with E-state index in [1.807, 2.05) is 24.3 Å². The minimum absolute atomic E-state index is 0.104. The van der Waals surface area contributed by atoms with Gasteiger partial charge in [-0.05, 0) is 23.8 Å². The molecule has 1 heterocycles. The molecule has 1 aliphatic heterocycles. The van der Waals surface area contributed by atoms with Gasteiger partial charge in [-0.3, -0.25) is 4.90 Å². The fourth-order valence-electron chi connectivity index (χ4n) is 3.29. The van der Waals surface area contributed by atoms with E-state index in [1.54, 1.807) is 12.1 Å². The van der Waals surface area contributed by atoms with Crippen molar-refractivity contribution in [2.45, 2.75) is 12.5 Å². The Morgan fingerprint density at radius 2 is 1.86 bits per heavy atom. The zero-order chi connectivity index (χ0) is 15.5. The van der Waals surface area contributed by atoms with Gasteiger partial charge in [0, 0.05) is 48.7 Å². The van der Waals surface area contributed by atoms with E-state index in [1.165, 1.54) is 5.56 Å². The Balaban J connectivity index is 1.79. The second-order valence-electron chi connectivity index (χ2n) is 5.93. The van der Waals surface area contributed by atoms with E-state index in [2.05, 4.69) is 17.0 Å². The second kappa shape index (κ2) is 6.69. The van der Waals surface area contributed by atoms with Gasteiger partial charge in [-0.25, -0.2) is 0 Å². The highest BCUT2D eigenvalue weighted by atomic mass is 35.5. The van der Waals surface area contributed by atoms with Crippen LogP contribution >= 0.6 is 11.6 Å². The lowest BCUT2D eigenvalue weighted by Gasteiger charge is -2.18. The molecule has 0 spiro atoms. The van der Waals surface area contributed by atoms with Gasteiger partial charge in [0.1, 0.15) is 5.75 Å². The fourth-order valence-corrected chi connectivity index (χ4v) is 3.47. The summed E-state index contributed by atoms with van der Waals surface area (Å²) < 4.78 is 0. The maximum atomic E-state index is 10.1. The molecule has 0 amide bonds. The molecule has 2 atom stereocenters. The first-order valence-electron chi connectivity index (χ1n) is 7.53. The molecule has 22 heavy (non-hydrogen) atoms. The Labute approximate surface area is 135 Å². The SMILES string of the molecule is OCC1CN(Cc2ccccc2)CC1c1cc(Cl)ccc1O. The first kappa shape index (κ1) is 15.3. The Kier molecular flexibility index (Phi) is 4.67. The van der Waals surface area contributed by atoms with Crippen LogP contribution in [0, 0.1) is 5.92 Å². The van der Waals surface area contributed by atoms with Crippen LogP contribution in [-0.4, -0.2) is 34.8 Å². The molecule has 4 heteroatoms. The maximum absolute atomic E-state index is 10.1. The summed E-state index contributed by atoms with van der Waals surface area (Å²) in [5, 5.41) is 20.4. The van der Waals surface area contributed by atoms with Crippen molar-refractivity contribution in [1.82, 2.24) is 4.90 Å². The van der Waals surface area contributed by atoms with Crippen molar-refractivity contribution in [3.8, 4) is 5.75 Å². The number of phenolic OH excluding ortho intramolecular Hbond substituents is 1. The molecular formula is C18H20ClNO2. The molecule has 0 aliphatic carbocycles. The molecule has 0 bridgehead atoms. The van der Waals surface area contributed by atoms with E-state index in [9.17, 15) is 10.2 Å². The number of benzene rings is 2. The van der Waals surface area contributed by atoms with Crippen LogP contribution in [0.25, 0.3) is 0 Å². The third-order valence-corrected chi connectivity index (χ3v) is 4.62. The fraction of sp³-hybridized carbons (Fsp3) is 0.333. The van der Waals surface area contributed by atoms with Crippen LogP contribution in [0.5, 0.6) is 5.75 Å². The van der Waals surface area contributed by atoms with Crippen LogP contribution in [0.15, 0.2) is 48.5 Å². The summed E-state index contributed by atoms with van der Waals surface area (Å²) in [4.78, 5) is 2.32. The van der Waals surface area contributed by atoms with Crippen molar-refractivity contribution in [3.05, 3.63) is 64.7 Å². The number of aromatic hydroxyl groups is 1. The third-order valence-electron chi connectivity index (χ3n) is 4.39. The lowest BCUT2D eigenvalue weighted by molar-refractivity contribution is 0.213. The largest absolute Gasteiger partial charge is 0.508 e. The van der Waals surface area contributed by atoms with E-state index in [-0.39, 0.29) is 24.2 Å². The van der Waals surface area contributed by atoms with Crippen LogP contribution < -0.4 is 0 Å². The van der Waals surface area contributed by atoms with Crippen molar-refractivity contribution >= 4 is 11.6 Å². The van der Waals surface area contributed by atoms with Crippen LogP contribution in [-0.2, 0) is 6.54 Å². The van der Waals surface area contributed by atoms with Gasteiger partial charge < -0.3 is 10.2 Å². The normalized spacial score (nSPS) is 22.1. The molecule has 1 aliphatic rings. The number of nitrogens with zero attached hydrogens (tertiary/aromatic N) is 1. The van der Waals surface area contributed by atoms with Crippen LogP contribution in [0.2, 0.25) is 5.02 Å². The number of likely N-dealkylation sites (tertiary alicyclic amines) is 1. The van der Waals surface area contributed by atoms with Gasteiger partial charge in [-0.2, -0.15) is 0 Å². The Morgan fingerprint density at radius 3 is 2.59 bits per heavy atom. The predicted molar refractivity (Wildman–Crippen MR) is 88.2 cm³/mol. The highest BCUT2D eigenvalue weighted by Gasteiger charge is 2.34. The molecule has 0 saturated carbocycles. The molecule has 0 aromatic heterocycles. The van der Waals surface area contributed by atoms with Gasteiger partial charge >= 0.3 is 0 Å². The van der Waals surface area contributed by atoms with Crippen molar-refractivity contribution < 1.29 is 10.2 Å². The van der Waals surface area contributed by atoms with E-state index in [0.29, 0.717) is 5.02 Å². The summed E-state index contributed by atoms with van der Waals surface area (Å²) in [6.07, 6.45) is 0. The summed E-state index contributed by atoms with van der Waals surface area (Å²) in [7, 11) is 0. The monoisotopic (exact) mass is 317 g/mol. The number of hydrogen-bond donors (Lipinski definition) is 2. The molecule has 2 aromatic carbocycles. The molecule has 2 aromatic rings. The average molecular weight is 318 g/mol. The molecule has 116 valence electrons. The summed E-state index contributed by atoms with van der Waals surface area (Å²) in [5.74, 6) is 0.481. The van der Waals surface area contributed by atoms with Gasteiger partial charge in [-0.15, -0.1) is 0 Å². The van der Waals surface area contributed by atoms with Gasteiger partial charge in [-0.1, -0.05) is 41.9 Å². The van der Waals surface area contributed by atoms with E-state index in [0.717, 1.165) is 25.2 Å². The first-order valence-corrected chi connectivity index (χ1v) is 7.90. The first-order chi connectivity index (χ1) is 10.7. The molecule has 0 radical (unpaired) electrons. The van der Waals surface area contributed by atoms with Gasteiger partial charge in [0.2, 0.25) is 0 Å². The minimum atomic E-state index is 0.104. The van der Waals surface area contributed by atoms with E-state index in [4.69, 9.17) is 11.6 Å². The number of halogens is 1. The maximum Gasteiger partial charge on any atom is 0.119 e. The second-order valence-corrected chi connectivity index (χ2v) is 6.37. The zero-order valence-electron chi connectivity index (χ0n) is 12.3. The highest BCUT2D eigenvalue weighted by molar-refractivity contribution is 6.30. The molecule has 2 N–H and O–H groups in total. The Bertz CT molecular complexity index is 632. The number of phenols is 1. The number of hydrogen-bond acceptors (Lipinski definition) is 3. The summed E-state index contributed by atoms with van der Waals surface area (Å²) in [6, 6.07) is 15.4. The molecule has 3 rings (SSSR count). The zero-order valence-corrected chi connectivity index (χ0v) is 13.1. The van der Waals surface area contributed by atoms with Crippen molar-refractivity contribution in [2.24, 2.45) is 5.92 Å². The summed E-state index contributed by atoms with van der Waals surface area (Å²) in [5.41, 5.74) is 2.09. The van der Waals surface area contributed by atoms with Crippen molar-refractivity contribution in [2.75, 3.05) is 19.7 Å². The van der Waals surface area contributed by atoms with Crippen molar-refractivity contribution in [1.29, 1.82) is 0 Å². The van der Waals surface area contributed by atoms with Gasteiger partial charge in [0.05, 0.1) is 0 Å². The average Bonchev–Trinajstić information content (AvgIpc) is 2.93. The molecular weight excluding hydrogens is 298 g/mol. The van der Waals surface area contributed by atoms with Gasteiger partial charge in [0.25, 0.3) is 0 Å². The standard InChI is InChI=1S/C18H20ClNO2/c19-15-6-7-18(22)16(8-15)17-11-20(10-14(17)12-21)9-13-4-2-1-3-5-13/h1-8,14,17,21-22H,9-12H2. The predicted octanol–water partition coefficient (Wildman–Crippen LogP) is 3.25. The minimum Gasteiger partial charge on any atom is -0.508 e. The van der Waals surface area contributed by atoms with Crippen LogP contribution in [0.3, 0.4) is 0 Å². The summed E-state index contributed by atoms with van der Waals surface area (Å²) in [6.45, 7) is 2.60. The highest BCUT2D eigenvalue weighted by Crippen LogP contribution is 2.38. The summed E-state index contributed by atoms with van der Waals surface area (Å²) >= 11 is 6.07. The van der Waals surface area contributed by atoms with Crippen molar-refractivity contribution in [3.63, 3.8) is 0 Å². The Morgan fingerprint density at radius 1 is 1.09 bits per heavy atom. The number of aliphatic hydroxyl groups excluding tert-OH is 1. The lowest BCUT2D eigenvalue weighted by atomic mass is 9.89. The van der Waals surface area contributed by atoms with Gasteiger partial charge in [0.15, 0.2) is 0 Å². The Hall–Kier alpha value is -1.55. The van der Waals surface area contributed by atoms with E-state index < -0.39 is 0 Å². The number of rotatable bonds is 4.